The molecule has 0 spiro atoms. The van der Waals surface area contributed by atoms with E-state index in [1.165, 1.54) is 14.2 Å². The molecule has 11 nitrogen and oxygen atoms in total. The molecule has 0 aromatic heterocycles. The minimum absolute atomic E-state index is 0.0498. The van der Waals surface area contributed by atoms with E-state index in [0.29, 0.717) is 5.56 Å². The molecule has 0 aliphatic heterocycles. The van der Waals surface area contributed by atoms with Crippen LogP contribution in [0, 0.1) is 21.4 Å². The van der Waals surface area contributed by atoms with Gasteiger partial charge >= 0.3 is 17.7 Å². The fourth-order valence-corrected chi connectivity index (χ4v) is 2.59. The number of hydrogen-bond acceptors (Lipinski definition) is 9. The summed E-state index contributed by atoms with van der Waals surface area (Å²) in [4.78, 5) is 35.3. The summed E-state index contributed by atoms with van der Waals surface area (Å²) in [5.41, 5.74) is 0.165. The Balaban J connectivity index is 2.24. The molecule has 31 heavy (non-hydrogen) atoms. The number of benzene rings is 2. The molecule has 1 N–H and O–H groups in total. The van der Waals surface area contributed by atoms with Crippen LogP contribution < -0.4 is 19.5 Å². The van der Waals surface area contributed by atoms with Gasteiger partial charge in [-0.15, -0.1) is 0 Å². The van der Waals surface area contributed by atoms with E-state index in [0.717, 1.165) is 12.1 Å². The highest BCUT2D eigenvalue weighted by molar-refractivity contribution is 5.83. The van der Waals surface area contributed by atoms with E-state index < -0.39 is 41.1 Å². The molecule has 0 saturated carbocycles. The molecule has 0 bridgehead atoms. The van der Waals surface area contributed by atoms with Crippen molar-refractivity contribution in [1.29, 1.82) is 5.26 Å². The van der Waals surface area contributed by atoms with E-state index >= 15 is 0 Å². The lowest BCUT2D eigenvalue weighted by atomic mass is 10.1. The van der Waals surface area contributed by atoms with Gasteiger partial charge in [-0.05, 0) is 5.56 Å². The Hall–Kier alpha value is -4.33. The van der Waals surface area contributed by atoms with Crippen molar-refractivity contribution < 1.29 is 33.5 Å². The number of hydrogen-bond donors (Lipinski definition) is 1. The van der Waals surface area contributed by atoms with Crippen molar-refractivity contribution in [3.05, 3.63) is 58.1 Å². The molecule has 0 heterocycles. The Morgan fingerprint density at radius 3 is 2.35 bits per heavy atom. The molecule has 11 heteroatoms. The highest BCUT2D eigenvalue weighted by atomic mass is 16.6. The fourth-order valence-electron chi connectivity index (χ4n) is 2.59. The third-order valence-electron chi connectivity index (χ3n) is 4.00. The lowest BCUT2D eigenvalue weighted by Crippen LogP contribution is -2.44. The number of nitriles is 1. The molecule has 2 aromatic rings. The van der Waals surface area contributed by atoms with E-state index in [9.17, 15) is 19.7 Å². The molecule has 0 saturated heterocycles. The summed E-state index contributed by atoms with van der Waals surface area (Å²) in [6.07, 6.45) is -1.08. The summed E-state index contributed by atoms with van der Waals surface area (Å²) >= 11 is 0. The van der Waals surface area contributed by atoms with Crippen molar-refractivity contribution in [2.45, 2.75) is 12.5 Å². The van der Waals surface area contributed by atoms with E-state index in [4.69, 9.17) is 24.2 Å². The average molecular weight is 429 g/mol. The molecular formula is C20H19N3O8. The van der Waals surface area contributed by atoms with Crippen molar-refractivity contribution >= 4 is 17.7 Å². The van der Waals surface area contributed by atoms with Crippen molar-refractivity contribution in [3.63, 3.8) is 0 Å². The van der Waals surface area contributed by atoms with Gasteiger partial charge in [-0.25, -0.2) is 9.59 Å². The Morgan fingerprint density at radius 2 is 1.77 bits per heavy atom. The number of nitro benzene ring substituents is 1. The van der Waals surface area contributed by atoms with Crippen LogP contribution in [0.1, 0.15) is 5.56 Å². The van der Waals surface area contributed by atoms with Crippen LogP contribution >= 0.6 is 0 Å². The van der Waals surface area contributed by atoms with Crippen molar-refractivity contribution in [2.75, 3.05) is 20.8 Å². The van der Waals surface area contributed by atoms with Crippen LogP contribution in [0.2, 0.25) is 0 Å². The zero-order chi connectivity index (χ0) is 22.8. The second kappa shape index (κ2) is 11.0. The second-order valence-corrected chi connectivity index (χ2v) is 5.97. The quantitative estimate of drug-likeness (QED) is 0.360. The number of rotatable bonds is 9. The monoisotopic (exact) mass is 429 g/mol. The maximum Gasteiger partial charge on any atom is 0.413 e. The van der Waals surface area contributed by atoms with Crippen molar-refractivity contribution in [3.8, 4) is 23.3 Å². The Bertz CT molecular complexity index is 988. The summed E-state index contributed by atoms with van der Waals surface area (Å²) in [6, 6.07) is 11.4. The first-order valence-electron chi connectivity index (χ1n) is 8.85. The van der Waals surface area contributed by atoms with Crippen LogP contribution in [0.4, 0.5) is 10.5 Å². The summed E-state index contributed by atoms with van der Waals surface area (Å²) in [5, 5.41) is 22.3. The van der Waals surface area contributed by atoms with Gasteiger partial charge in [0, 0.05) is 12.5 Å². The molecular weight excluding hydrogens is 410 g/mol. The number of nitrogens with zero attached hydrogens (tertiary/aromatic N) is 2. The van der Waals surface area contributed by atoms with Crippen LogP contribution in [0.3, 0.4) is 0 Å². The van der Waals surface area contributed by atoms with Gasteiger partial charge < -0.3 is 24.3 Å². The molecule has 2 aromatic carbocycles. The normalized spacial score (nSPS) is 10.9. The predicted octanol–water partition coefficient (Wildman–Crippen LogP) is 2.38. The number of methoxy groups -OCH3 is 2. The van der Waals surface area contributed by atoms with Gasteiger partial charge in [0.05, 0.1) is 25.2 Å². The van der Waals surface area contributed by atoms with Gasteiger partial charge in [0.2, 0.25) is 5.75 Å². The lowest BCUT2D eigenvalue weighted by molar-refractivity contribution is -0.385. The highest BCUT2D eigenvalue weighted by Gasteiger charge is 2.27. The third-order valence-corrected chi connectivity index (χ3v) is 4.00. The number of carbonyl (C=O) groups is 2. The largest absolute Gasteiger partial charge is 0.493 e. The molecule has 1 amide bonds. The number of amides is 1. The van der Waals surface area contributed by atoms with Gasteiger partial charge in [0.1, 0.15) is 12.1 Å². The number of nitrogens with one attached hydrogen (secondary N) is 1. The smallest absolute Gasteiger partial charge is 0.413 e. The van der Waals surface area contributed by atoms with Gasteiger partial charge in [-0.1, -0.05) is 30.3 Å². The van der Waals surface area contributed by atoms with E-state index in [1.54, 1.807) is 36.4 Å². The first-order valence-corrected chi connectivity index (χ1v) is 8.85. The van der Waals surface area contributed by atoms with Crippen molar-refractivity contribution in [1.82, 2.24) is 5.32 Å². The SMILES string of the molecule is COc1cc(OC(=O)NC(Cc2ccccc2)C(=O)OCC#N)c([N+](=O)[O-])cc1OC. The molecule has 162 valence electrons. The molecule has 0 aliphatic carbocycles. The van der Waals surface area contributed by atoms with Crippen LogP contribution in [0.5, 0.6) is 17.2 Å². The first-order chi connectivity index (χ1) is 14.9. The number of esters is 1. The van der Waals surface area contributed by atoms with Crippen LogP contribution in [0.25, 0.3) is 0 Å². The summed E-state index contributed by atoms with van der Waals surface area (Å²) in [6.45, 7) is -0.498. The highest BCUT2D eigenvalue weighted by Crippen LogP contribution is 2.39. The van der Waals surface area contributed by atoms with E-state index in [-0.39, 0.29) is 17.9 Å². The van der Waals surface area contributed by atoms with Crippen LogP contribution in [-0.4, -0.2) is 43.9 Å². The zero-order valence-corrected chi connectivity index (χ0v) is 16.7. The number of carbonyl (C=O) groups excluding carboxylic acids is 2. The van der Waals surface area contributed by atoms with Gasteiger partial charge in [-0.2, -0.15) is 5.26 Å². The Kier molecular flexibility index (Phi) is 8.15. The maximum absolute atomic E-state index is 12.4. The molecule has 1 atom stereocenters. The number of nitro groups is 1. The minimum atomic E-state index is -1.19. The van der Waals surface area contributed by atoms with Crippen LogP contribution in [-0.2, 0) is 16.0 Å². The molecule has 2 rings (SSSR count). The van der Waals surface area contributed by atoms with Crippen LogP contribution in [0.15, 0.2) is 42.5 Å². The minimum Gasteiger partial charge on any atom is -0.493 e. The molecule has 0 aliphatic rings. The summed E-state index contributed by atoms with van der Waals surface area (Å²) in [7, 11) is 2.62. The fraction of sp³-hybridized carbons (Fsp3) is 0.250. The first kappa shape index (κ1) is 23.0. The summed E-state index contributed by atoms with van der Waals surface area (Å²) in [5.74, 6) is -1.10. The number of ether oxygens (including phenoxy) is 4. The second-order valence-electron chi connectivity index (χ2n) is 5.97. The zero-order valence-electron chi connectivity index (χ0n) is 16.7. The van der Waals surface area contributed by atoms with E-state index in [1.807, 2.05) is 0 Å². The Labute approximate surface area is 177 Å². The van der Waals surface area contributed by atoms with Crippen molar-refractivity contribution in [2.24, 2.45) is 0 Å². The molecule has 0 fully saturated rings. The van der Waals surface area contributed by atoms with Gasteiger partial charge in [0.25, 0.3) is 0 Å². The standard InChI is InChI=1S/C20H19N3O8/c1-28-17-11-15(23(26)27)16(12-18(17)29-2)31-20(25)22-14(19(24)30-9-8-21)10-13-6-4-3-5-7-13/h3-7,11-12,14H,9-10H2,1-2H3,(H,22,25). The van der Waals surface area contributed by atoms with Gasteiger partial charge in [-0.3, -0.25) is 10.1 Å². The Morgan fingerprint density at radius 1 is 1.13 bits per heavy atom. The topological polar surface area (TPSA) is 150 Å². The lowest BCUT2D eigenvalue weighted by Gasteiger charge is -2.17. The predicted molar refractivity (Wildman–Crippen MR) is 106 cm³/mol. The average Bonchev–Trinajstić information content (AvgIpc) is 2.77. The molecule has 1 unspecified atom stereocenters. The van der Waals surface area contributed by atoms with Gasteiger partial charge in [0.15, 0.2) is 18.1 Å². The summed E-state index contributed by atoms with van der Waals surface area (Å²) < 4.78 is 19.9. The van der Waals surface area contributed by atoms with E-state index in [2.05, 4.69) is 5.32 Å². The molecule has 0 radical (unpaired) electrons. The maximum atomic E-state index is 12.4. The third kappa shape index (κ3) is 6.33.